The van der Waals surface area contributed by atoms with Crippen molar-refractivity contribution in [2.75, 3.05) is 0 Å². The van der Waals surface area contributed by atoms with E-state index in [1.165, 1.54) is 33.4 Å². The van der Waals surface area contributed by atoms with Crippen LogP contribution >= 0.6 is 17.0 Å². The number of fused-ring (bicyclic) bond motifs is 2. The number of aryl methyl sites for hydroxylation is 2. The Morgan fingerprint density at radius 2 is 1.13 bits per heavy atom. The van der Waals surface area contributed by atoms with Crippen LogP contribution in [0.5, 0.6) is 0 Å². The van der Waals surface area contributed by atoms with Gasteiger partial charge in [0, 0.05) is 0 Å². The zero-order chi connectivity index (χ0) is 22.3. The van der Waals surface area contributed by atoms with Gasteiger partial charge < -0.3 is 0 Å². The molecule has 2 atom stereocenters. The van der Waals surface area contributed by atoms with Gasteiger partial charge in [0.1, 0.15) is 0 Å². The maximum absolute atomic E-state index is 8.33. The van der Waals surface area contributed by atoms with Gasteiger partial charge in [-0.05, 0) is 0 Å². The third-order valence-electron chi connectivity index (χ3n) is 8.28. The molecule has 30 heavy (non-hydrogen) atoms. The van der Waals surface area contributed by atoms with Gasteiger partial charge in [-0.3, -0.25) is 0 Å². The molecule has 2 aromatic carbocycles. The van der Waals surface area contributed by atoms with E-state index in [0.29, 0.717) is 7.25 Å². The van der Waals surface area contributed by atoms with Crippen molar-refractivity contribution in [3.8, 4) is 0 Å². The third-order valence-corrected chi connectivity index (χ3v) is 56.7. The van der Waals surface area contributed by atoms with E-state index in [2.05, 4.69) is 91.0 Å². The van der Waals surface area contributed by atoms with Gasteiger partial charge >= 0.3 is 193 Å². The van der Waals surface area contributed by atoms with E-state index >= 15 is 0 Å². The molecule has 0 radical (unpaired) electrons. The molecule has 0 N–H and O–H groups in total. The molecule has 0 bridgehead atoms. The second kappa shape index (κ2) is 7.06. The van der Waals surface area contributed by atoms with Gasteiger partial charge in [-0.15, -0.1) is 0 Å². The number of halogens is 2. The average Bonchev–Trinajstić information content (AvgIpc) is 3.05. The van der Waals surface area contributed by atoms with Crippen molar-refractivity contribution in [1.29, 1.82) is 0 Å². The second-order valence-corrected chi connectivity index (χ2v) is 50.4. The van der Waals surface area contributed by atoms with Gasteiger partial charge in [0.2, 0.25) is 0 Å². The van der Waals surface area contributed by atoms with Crippen LogP contribution in [0.3, 0.4) is 0 Å². The summed E-state index contributed by atoms with van der Waals surface area (Å²) in [6.07, 6.45) is 2.17. The van der Waals surface area contributed by atoms with Gasteiger partial charge in [0.15, 0.2) is 0 Å². The predicted octanol–water partition coefficient (Wildman–Crippen LogP) is 8.50. The first-order chi connectivity index (χ1) is 13.7. The topological polar surface area (TPSA) is 0 Å². The summed E-state index contributed by atoms with van der Waals surface area (Å²) in [5, 5.41) is 0. The van der Waals surface area contributed by atoms with Crippen LogP contribution < -0.4 is 0 Å². The molecule has 0 aromatic heterocycles. The molecule has 0 nitrogen and oxygen atoms in total. The SMILES string of the molecule is Cc1cccc2c1[CH]([Zr]([Cl])([Cl])([CH]1c3c(C)cccc3CC1(C)C)=[Si](C)C)C(C)(C)C2. The molecule has 2 aliphatic carbocycles. The monoisotopic (exact) mass is 536 g/mol. The van der Waals surface area contributed by atoms with Gasteiger partial charge in [0.05, 0.1) is 0 Å². The summed E-state index contributed by atoms with van der Waals surface area (Å²) in [7, 11) is 16.7. The van der Waals surface area contributed by atoms with Gasteiger partial charge in [-0.1, -0.05) is 0 Å². The number of rotatable bonds is 2. The van der Waals surface area contributed by atoms with Gasteiger partial charge in [0.25, 0.3) is 0 Å². The fourth-order valence-corrected chi connectivity index (χ4v) is 45.9. The summed E-state index contributed by atoms with van der Waals surface area (Å²) >= 11 is -4.48. The van der Waals surface area contributed by atoms with E-state index in [-0.39, 0.29) is 10.8 Å². The fraction of sp³-hybridized carbons (Fsp3) is 0.538. The summed E-state index contributed by atoms with van der Waals surface area (Å²) in [6.45, 7) is 19.1. The van der Waals surface area contributed by atoms with Crippen molar-refractivity contribution in [2.24, 2.45) is 10.8 Å². The first-order valence-corrected chi connectivity index (χ1v) is 26.6. The van der Waals surface area contributed by atoms with Crippen LogP contribution in [-0.2, 0) is 27.9 Å². The Hall–Kier alpha value is 0.120. The summed E-state index contributed by atoms with van der Waals surface area (Å²) in [4.78, 5) is 0. The summed E-state index contributed by atoms with van der Waals surface area (Å²) < 4.78 is 0.606. The van der Waals surface area contributed by atoms with Crippen molar-refractivity contribution < 1.29 is 15.0 Å². The molecule has 4 heteroatoms. The Bertz CT molecular complexity index is 1040. The molecule has 2 unspecified atom stereocenters. The quantitative estimate of drug-likeness (QED) is 0.336. The number of hydrogen-bond donors (Lipinski definition) is 0. The van der Waals surface area contributed by atoms with E-state index in [1.54, 1.807) is 0 Å². The van der Waals surface area contributed by atoms with Crippen LogP contribution in [0.15, 0.2) is 36.4 Å². The molecular formula is C26H36Cl2SiZr. The van der Waals surface area contributed by atoms with Crippen LogP contribution in [0.2, 0.25) is 13.1 Å². The molecule has 4 rings (SSSR count). The van der Waals surface area contributed by atoms with E-state index < -0.39 is 20.4 Å². The Morgan fingerprint density at radius 3 is 1.47 bits per heavy atom. The predicted molar refractivity (Wildman–Crippen MR) is 132 cm³/mol. The van der Waals surface area contributed by atoms with Crippen LogP contribution in [0.4, 0.5) is 0 Å². The standard InChI is InChI=1S/2C12H15.C2H6Si.2ClH.Zr/c2*1-9-5-4-6-10-7-12(2,3)8-11(9)10;1-3-2;;;/h2*4-6,8H,7H2,1-3H3;1-2H3;2*1H;/q;;;;;+2/p-2. The molecule has 162 valence electrons. The number of hydrogen-bond acceptors (Lipinski definition) is 0. The molecule has 0 saturated heterocycles. The van der Waals surface area contributed by atoms with E-state index in [0.717, 1.165) is 12.8 Å². The molecule has 0 saturated carbocycles. The minimum absolute atomic E-state index is 0.0899. The Balaban J connectivity index is 2.13. The van der Waals surface area contributed by atoms with Crippen LogP contribution in [-0.4, -0.2) is 5.43 Å². The normalized spacial score (nSPS) is 24.5. The van der Waals surface area contributed by atoms with Crippen molar-refractivity contribution in [3.63, 3.8) is 0 Å². The zero-order valence-corrected chi connectivity index (χ0v) is 24.8. The average molecular weight is 539 g/mol. The summed E-state index contributed by atoms with van der Waals surface area (Å²) in [6, 6.07) is 13.6. The summed E-state index contributed by atoms with van der Waals surface area (Å²) in [5.74, 6) is 0. The van der Waals surface area contributed by atoms with Crippen molar-refractivity contribution >= 4 is 22.5 Å². The Kier molecular flexibility index (Phi) is 5.48. The second-order valence-electron chi connectivity index (χ2n) is 11.6. The van der Waals surface area contributed by atoms with Crippen LogP contribution in [0, 0.1) is 24.7 Å². The zero-order valence-electron chi connectivity index (χ0n) is 19.8. The molecule has 0 aliphatic heterocycles. The van der Waals surface area contributed by atoms with E-state index in [9.17, 15) is 0 Å². The molecule has 0 spiro atoms. The van der Waals surface area contributed by atoms with Gasteiger partial charge in [-0.2, -0.15) is 0 Å². The minimum atomic E-state index is -4.48. The maximum atomic E-state index is 8.33. The van der Waals surface area contributed by atoms with E-state index in [4.69, 9.17) is 17.0 Å². The van der Waals surface area contributed by atoms with E-state index in [1.807, 2.05) is 0 Å². The third kappa shape index (κ3) is 3.07. The van der Waals surface area contributed by atoms with Crippen molar-refractivity contribution in [2.45, 2.75) is 74.7 Å². The molecule has 2 aliphatic rings. The molecule has 2 aromatic rings. The first-order valence-electron chi connectivity index (χ1n) is 11.3. The van der Waals surface area contributed by atoms with Crippen molar-refractivity contribution in [1.82, 2.24) is 0 Å². The summed E-state index contributed by atoms with van der Waals surface area (Å²) in [5.41, 5.74) is 7.96. The Morgan fingerprint density at radius 1 is 0.767 bits per heavy atom. The number of benzene rings is 2. The Labute approximate surface area is 191 Å². The molecule has 0 heterocycles. The van der Waals surface area contributed by atoms with Crippen LogP contribution in [0.1, 0.15) is 68.3 Å². The first kappa shape index (κ1) is 23.3. The fourth-order valence-electron chi connectivity index (χ4n) is 7.29. The van der Waals surface area contributed by atoms with Gasteiger partial charge in [-0.25, -0.2) is 0 Å². The van der Waals surface area contributed by atoms with Crippen LogP contribution in [0.25, 0.3) is 0 Å². The molecular weight excluding hydrogens is 503 g/mol. The molecule has 0 amide bonds. The van der Waals surface area contributed by atoms with Crippen molar-refractivity contribution in [3.05, 3.63) is 69.8 Å². The molecule has 0 fully saturated rings.